The highest BCUT2D eigenvalue weighted by atomic mass is 16.5. The predicted octanol–water partition coefficient (Wildman–Crippen LogP) is 4.09. The number of esters is 1. The Morgan fingerprint density at radius 2 is 1.73 bits per heavy atom. The Hall–Kier alpha value is -3.08. The molecule has 4 rings (SSSR count). The van der Waals surface area contributed by atoms with E-state index in [1.165, 1.54) is 31.2 Å². The summed E-state index contributed by atoms with van der Waals surface area (Å²) in [5.41, 5.74) is 5.47. The molecule has 1 aromatic heterocycles. The average molecular weight is 348 g/mol. The number of aromatic nitrogens is 1. The first-order valence-corrected chi connectivity index (χ1v) is 8.79. The quantitative estimate of drug-likeness (QED) is 0.701. The molecule has 0 fully saturated rings. The van der Waals surface area contributed by atoms with E-state index in [4.69, 9.17) is 0 Å². The lowest BCUT2D eigenvalue weighted by Crippen LogP contribution is -2.12. The normalized spacial score (nSPS) is 13.3. The van der Waals surface area contributed by atoms with Crippen LogP contribution in [-0.2, 0) is 17.6 Å². The molecule has 1 heterocycles. The first kappa shape index (κ1) is 16.4. The summed E-state index contributed by atoms with van der Waals surface area (Å²) in [6.07, 6.45) is 4.56. The number of carbonyl (C=O) groups is 2. The van der Waals surface area contributed by atoms with Crippen molar-refractivity contribution >= 4 is 28.5 Å². The molecule has 2 N–H and O–H groups in total. The molecule has 2 aromatic carbocycles. The van der Waals surface area contributed by atoms with Crippen LogP contribution in [0.15, 0.2) is 42.5 Å². The largest absolute Gasteiger partial charge is 0.465 e. The highest BCUT2D eigenvalue weighted by Gasteiger charge is 2.17. The fourth-order valence-electron chi connectivity index (χ4n) is 3.56. The van der Waals surface area contributed by atoms with Gasteiger partial charge in [-0.15, -0.1) is 0 Å². The lowest BCUT2D eigenvalue weighted by atomic mass is 9.95. The third-order valence-electron chi connectivity index (χ3n) is 4.92. The number of fused-ring (bicyclic) bond motifs is 3. The third kappa shape index (κ3) is 2.96. The summed E-state index contributed by atoms with van der Waals surface area (Å²) in [7, 11) is 1.34. The molecular formula is C21H20N2O3. The number of benzene rings is 2. The van der Waals surface area contributed by atoms with Crippen molar-refractivity contribution in [3.8, 4) is 0 Å². The van der Waals surface area contributed by atoms with Gasteiger partial charge in [-0.3, -0.25) is 4.79 Å². The van der Waals surface area contributed by atoms with Crippen LogP contribution in [0.5, 0.6) is 0 Å². The van der Waals surface area contributed by atoms with E-state index in [2.05, 4.69) is 15.0 Å². The van der Waals surface area contributed by atoms with Gasteiger partial charge in [0.1, 0.15) is 0 Å². The van der Waals surface area contributed by atoms with Crippen molar-refractivity contribution in [3.05, 3.63) is 64.8 Å². The minimum Gasteiger partial charge on any atom is -0.465 e. The molecule has 5 nitrogen and oxygen atoms in total. The number of hydrogen-bond donors (Lipinski definition) is 2. The molecule has 1 amide bonds. The van der Waals surface area contributed by atoms with Gasteiger partial charge in [-0.05, 0) is 73.7 Å². The summed E-state index contributed by atoms with van der Waals surface area (Å²) in [5, 5.41) is 4.02. The summed E-state index contributed by atoms with van der Waals surface area (Å²) >= 11 is 0. The van der Waals surface area contributed by atoms with Gasteiger partial charge >= 0.3 is 5.97 Å². The van der Waals surface area contributed by atoms with Gasteiger partial charge < -0.3 is 15.0 Å². The van der Waals surface area contributed by atoms with Crippen molar-refractivity contribution < 1.29 is 14.3 Å². The van der Waals surface area contributed by atoms with Crippen LogP contribution in [0.2, 0.25) is 0 Å². The van der Waals surface area contributed by atoms with Gasteiger partial charge in [0.25, 0.3) is 5.91 Å². The predicted molar refractivity (Wildman–Crippen MR) is 101 cm³/mol. The number of methoxy groups -OCH3 is 1. The summed E-state index contributed by atoms with van der Waals surface area (Å²) < 4.78 is 4.68. The zero-order chi connectivity index (χ0) is 18.1. The summed E-state index contributed by atoms with van der Waals surface area (Å²) in [4.78, 5) is 27.6. The van der Waals surface area contributed by atoms with E-state index in [-0.39, 0.29) is 5.91 Å². The molecule has 26 heavy (non-hydrogen) atoms. The molecule has 0 saturated heterocycles. The average Bonchev–Trinajstić information content (AvgIpc) is 3.05. The number of hydrogen-bond acceptors (Lipinski definition) is 3. The number of aryl methyl sites for hydroxylation is 2. The summed E-state index contributed by atoms with van der Waals surface area (Å²) in [5.74, 6) is -0.561. The van der Waals surface area contributed by atoms with Gasteiger partial charge in [0.05, 0.1) is 12.7 Å². The van der Waals surface area contributed by atoms with Crippen molar-refractivity contribution in [1.82, 2.24) is 4.98 Å². The van der Waals surface area contributed by atoms with Crippen LogP contribution in [0.1, 0.15) is 44.8 Å². The maximum Gasteiger partial charge on any atom is 0.337 e. The number of anilines is 1. The van der Waals surface area contributed by atoms with Gasteiger partial charge in [-0.2, -0.15) is 0 Å². The highest BCUT2D eigenvalue weighted by Crippen LogP contribution is 2.29. The van der Waals surface area contributed by atoms with Gasteiger partial charge in [0, 0.05) is 27.8 Å². The Labute approximate surface area is 151 Å². The number of ether oxygens (including phenoxy) is 1. The molecule has 1 aliphatic carbocycles. The zero-order valence-electron chi connectivity index (χ0n) is 14.6. The number of nitrogens with one attached hydrogen (secondary N) is 2. The Balaban J connectivity index is 1.57. The molecule has 0 radical (unpaired) electrons. The molecule has 0 aliphatic heterocycles. The second-order valence-electron chi connectivity index (χ2n) is 6.57. The summed E-state index contributed by atoms with van der Waals surface area (Å²) in [6.45, 7) is 0. The highest BCUT2D eigenvalue weighted by molar-refractivity contribution is 6.06. The number of aromatic amines is 1. The monoisotopic (exact) mass is 348 g/mol. The van der Waals surface area contributed by atoms with Crippen molar-refractivity contribution in [2.24, 2.45) is 0 Å². The number of H-pyrrole nitrogens is 1. The number of rotatable bonds is 3. The Morgan fingerprint density at radius 3 is 2.50 bits per heavy atom. The van der Waals surface area contributed by atoms with Crippen LogP contribution >= 0.6 is 0 Å². The van der Waals surface area contributed by atoms with Crippen molar-refractivity contribution in [1.29, 1.82) is 0 Å². The van der Waals surface area contributed by atoms with E-state index in [9.17, 15) is 9.59 Å². The minimum atomic E-state index is -0.398. The van der Waals surface area contributed by atoms with E-state index >= 15 is 0 Å². The van der Waals surface area contributed by atoms with Gasteiger partial charge in [0.15, 0.2) is 0 Å². The van der Waals surface area contributed by atoms with Crippen molar-refractivity contribution in [2.45, 2.75) is 25.7 Å². The molecule has 3 aromatic rings. The lowest BCUT2D eigenvalue weighted by Gasteiger charge is -2.10. The van der Waals surface area contributed by atoms with E-state index in [0.717, 1.165) is 23.7 Å². The van der Waals surface area contributed by atoms with E-state index < -0.39 is 5.97 Å². The SMILES string of the molecule is COC(=O)c1ccc(NC(=O)c2ccc3[nH]c4c(c3c2)CCCC4)cc1. The van der Waals surface area contributed by atoms with Gasteiger partial charge in [-0.1, -0.05) is 0 Å². The molecule has 0 atom stereocenters. The van der Waals surface area contributed by atoms with E-state index in [1.54, 1.807) is 24.3 Å². The molecule has 0 spiro atoms. The zero-order valence-corrected chi connectivity index (χ0v) is 14.6. The van der Waals surface area contributed by atoms with Crippen LogP contribution in [0.3, 0.4) is 0 Å². The smallest absolute Gasteiger partial charge is 0.337 e. The Morgan fingerprint density at radius 1 is 1.00 bits per heavy atom. The van der Waals surface area contributed by atoms with E-state index in [0.29, 0.717) is 16.8 Å². The summed E-state index contributed by atoms with van der Waals surface area (Å²) in [6, 6.07) is 12.4. The molecule has 0 bridgehead atoms. The van der Waals surface area contributed by atoms with E-state index in [1.807, 2.05) is 18.2 Å². The topological polar surface area (TPSA) is 71.2 Å². The number of carbonyl (C=O) groups excluding carboxylic acids is 2. The maximum absolute atomic E-state index is 12.6. The first-order chi connectivity index (χ1) is 12.7. The Kier molecular flexibility index (Phi) is 4.21. The van der Waals surface area contributed by atoms with Gasteiger partial charge in [0.2, 0.25) is 0 Å². The Bertz CT molecular complexity index is 986. The van der Waals surface area contributed by atoms with Crippen LogP contribution in [-0.4, -0.2) is 24.0 Å². The first-order valence-electron chi connectivity index (χ1n) is 8.79. The second kappa shape index (κ2) is 6.67. The van der Waals surface area contributed by atoms with Crippen LogP contribution in [0.4, 0.5) is 5.69 Å². The van der Waals surface area contributed by atoms with Crippen molar-refractivity contribution in [3.63, 3.8) is 0 Å². The molecule has 5 heteroatoms. The lowest BCUT2D eigenvalue weighted by molar-refractivity contribution is 0.0600. The van der Waals surface area contributed by atoms with Crippen molar-refractivity contribution in [2.75, 3.05) is 12.4 Å². The maximum atomic E-state index is 12.6. The molecular weight excluding hydrogens is 328 g/mol. The molecule has 132 valence electrons. The van der Waals surface area contributed by atoms with Crippen LogP contribution < -0.4 is 5.32 Å². The minimum absolute atomic E-state index is 0.163. The molecule has 0 saturated carbocycles. The van der Waals surface area contributed by atoms with Gasteiger partial charge in [-0.25, -0.2) is 4.79 Å². The standard InChI is InChI=1S/C21H20N2O3/c1-26-21(25)13-6-9-15(10-7-13)22-20(24)14-8-11-19-17(12-14)16-4-2-3-5-18(16)23-19/h6-12,23H,2-5H2,1H3,(H,22,24). The fourth-order valence-corrected chi connectivity index (χ4v) is 3.56. The van der Waals surface area contributed by atoms with Crippen LogP contribution in [0, 0.1) is 0 Å². The number of amides is 1. The fraction of sp³-hybridized carbons (Fsp3) is 0.238. The second-order valence-corrected chi connectivity index (χ2v) is 6.57. The molecule has 1 aliphatic rings. The third-order valence-corrected chi connectivity index (χ3v) is 4.92. The van der Waals surface area contributed by atoms with Crippen LogP contribution in [0.25, 0.3) is 10.9 Å². The molecule has 0 unspecified atom stereocenters.